The minimum Gasteiger partial charge on any atom is -0.320 e. The van der Waals surface area contributed by atoms with Crippen molar-refractivity contribution in [3.8, 4) is 0 Å². The molecule has 0 fully saturated rings. The first-order chi connectivity index (χ1) is 18.1. The standard InChI is InChI=1S/C30H42N4O4/c1-22(2)18-19-28(35)34(27(29(36)32-38)17-11-16-24-12-7-5-8-13-24)33(21-23(3)4)30(37)26(31)20-25-14-9-6-10-15-25/h5-16,22-23,26-27,38H,17-21,31H2,1-4H3,(H,32,36)/t26-,27+/m1/s1. The molecule has 0 aliphatic heterocycles. The fraction of sp³-hybridized carbons (Fsp3) is 0.433. The molecule has 38 heavy (non-hydrogen) atoms. The molecule has 8 heteroatoms. The highest BCUT2D eigenvalue weighted by atomic mass is 16.5. The number of hydrogen-bond donors (Lipinski definition) is 3. The van der Waals surface area contributed by atoms with Crippen LogP contribution >= 0.6 is 0 Å². The molecule has 0 aliphatic rings. The minimum absolute atomic E-state index is 0.0130. The summed E-state index contributed by atoms with van der Waals surface area (Å²) in [5.74, 6) is -1.37. The second kappa shape index (κ2) is 15.7. The summed E-state index contributed by atoms with van der Waals surface area (Å²) < 4.78 is 0. The molecule has 0 radical (unpaired) electrons. The van der Waals surface area contributed by atoms with Gasteiger partial charge in [0.1, 0.15) is 6.04 Å². The van der Waals surface area contributed by atoms with E-state index in [1.807, 2.05) is 94.4 Å². The second-order valence-electron chi connectivity index (χ2n) is 10.3. The topological polar surface area (TPSA) is 116 Å². The van der Waals surface area contributed by atoms with Crippen molar-refractivity contribution in [3.63, 3.8) is 0 Å². The zero-order chi connectivity index (χ0) is 28.1. The van der Waals surface area contributed by atoms with Crippen molar-refractivity contribution in [3.05, 3.63) is 77.9 Å². The van der Waals surface area contributed by atoms with E-state index in [0.717, 1.165) is 11.1 Å². The van der Waals surface area contributed by atoms with Crippen LogP contribution in [0.2, 0.25) is 0 Å². The lowest BCUT2D eigenvalue weighted by molar-refractivity contribution is -0.176. The largest absolute Gasteiger partial charge is 0.320 e. The SMILES string of the molecule is CC(C)CCC(=O)N([C@@H](CC=Cc1ccccc1)C(=O)NO)N(CC(C)C)C(=O)[C@H](N)Cc1ccccc1. The van der Waals surface area contributed by atoms with Crippen LogP contribution in [-0.4, -0.2) is 51.6 Å². The number of nitrogens with one attached hydrogen (secondary N) is 1. The Morgan fingerprint density at radius 1 is 0.947 bits per heavy atom. The summed E-state index contributed by atoms with van der Waals surface area (Å²) in [6.07, 6.45) is 4.70. The molecule has 0 saturated carbocycles. The van der Waals surface area contributed by atoms with Crippen molar-refractivity contribution < 1.29 is 19.6 Å². The summed E-state index contributed by atoms with van der Waals surface area (Å²) in [4.78, 5) is 40.4. The summed E-state index contributed by atoms with van der Waals surface area (Å²) in [7, 11) is 0. The van der Waals surface area contributed by atoms with Crippen molar-refractivity contribution in [2.24, 2.45) is 17.6 Å². The average molecular weight is 523 g/mol. The summed E-state index contributed by atoms with van der Waals surface area (Å²) in [5.41, 5.74) is 9.89. The zero-order valence-electron chi connectivity index (χ0n) is 22.9. The summed E-state index contributed by atoms with van der Waals surface area (Å²) in [6, 6.07) is 16.9. The Morgan fingerprint density at radius 3 is 2.11 bits per heavy atom. The van der Waals surface area contributed by atoms with Gasteiger partial charge in [-0.05, 0) is 42.2 Å². The van der Waals surface area contributed by atoms with E-state index in [2.05, 4.69) is 0 Å². The third-order valence-electron chi connectivity index (χ3n) is 6.04. The van der Waals surface area contributed by atoms with E-state index in [4.69, 9.17) is 5.73 Å². The Kier molecular flexibility index (Phi) is 12.7. The van der Waals surface area contributed by atoms with Crippen LogP contribution in [0.25, 0.3) is 6.08 Å². The normalized spacial score (nSPS) is 12.9. The van der Waals surface area contributed by atoms with Gasteiger partial charge in [0.25, 0.3) is 11.8 Å². The molecule has 0 bridgehead atoms. The van der Waals surface area contributed by atoms with Crippen molar-refractivity contribution in [1.82, 2.24) is 15.5 Å². The lowest BCUT2D eigenvalue weighted by Gasteiger charge is -2.41. The highest BCUT2D eigenvalue weighted by Crippen LogP contribution is 2.19. The van der Waals surface area contributed by atoms with Gasteiger partial charge in [-0.25, -0.2) is 15.5 Å². The fourth-order valence-corrected chi connectivity index (χ4v) is 4.07. The molecular weight excluding hydrogens is 480 g/mol. The number of rotatable bonds is 13. The van der Waals surface area contributed by atoms with Crippen molar-refractivity contribution in [2.45, 2.75) is 65.5 Å². The Morgan fingerprint density at radius 2 is 1.55 bits per heavy atom. The quantitative estimate of drug-likeness (QED) is 0.269. The van der Waals surface area contributed by atoms with E-state index < -0.39 is 23.9 Å². The van der Waals surface area contributed by atoms with Crippen LogP contribution in [0.4, 0.5) is 0 Å². The molecule has 2 aromatic rings. The Hall–Kier alpha value is -3.49. The van der Waals surface area contributed by atoms with Gasteiger partial charge in [-0.15, -0.1) is 0 Å². The third kappa shape index (κ3) is 9.76. The smallest absolute Gasteiger partial charge is 0.268 e. The predicted molar refractivity (Wildman–Crippen MR) is 149 cm³/mol. The van der Waals surface area contributed by atoms with Crippen LogP contribution in [-0.2, 0) is 20.8 Å². The first kappa shape index (κ1) is 30.7. The van der Waals surface area contributed by atoms with Crippen LogP contribution in [0, 0.1) is 11.8 Å². The number of hydrazine groups is 1. The summed E-state index contributed by atoms with van der Waals surface area (Å²) in [6.45, 7) is 8.05. The van der Waals surface area contributed by atoms with Gasteiger partial charge < -0.3 is 5.73 Å². The van der Waals surface area contributed by atoms with Gasteiger partial charge in [-0.3, -0.25) is 19.6 Å². The molecule has 0 aromatic heterocycles. The minimum atomic E-state index is -1.15. The molecule has 0 aliphatic carbocycles. The molecule has 206 valence electrons. The number of hydroxylamine groups is 1. The third-order valence-corrected chi connectivity index (χ3v) is 6.04. The van der Waals surface area contributed by atoms with E-state index in [9.17, 15) is 19.6 Å². The molecule has 2 atom stereocenters. The van der Waals surface area contributed by atoms with Crippen molar-refractivity contribution in [1.29, 1.82) is 0 Å². The molecule has 0 unspecified atom stereocenters. The number of benzene rings is 2. The van der Waals surface area contributed by atoms with E-state index >= 15 is 0 Å². The van der Waals surface area contributed by atoms with Gasteiger partial charge in [0, 0.05) is 13.0 Å². The Balaban J connectivity index is 2.45. The van der Waals surface area contributed by atoms with Crippen LogP contribution in [0.5, 0.6) is 0 Å². The van der Waals surface area contributed by atoms with Crippen molar-refractivity contribution in [2.75, 3.05) is 6.54 Å². The number of nitrogens with two attached hydrogens (primary N) is 1. The van der Waals surface area contributed by atoms with Gasteiger partial charge in [0.15, 0.2) is 0 Å². The van der Waals surface area contributed by atoms with E-state index in [1.54, 1.807) is 11.6 Å². The first-order valence-electron chi connectivity index (χ1n) is 13.2. The summed E-state index contributed by atoms with van der Waals surface area (Å²) in [5, 5.41) is 12.1. The number of nitrogens with zero attached hydrogens (tertiary/aromatic N) is 2. The molecule has 0 saturated heterocycles. The van der Waals surface area contributed by atoms with Gasteiger partial charge >= 0.3 is 0 Å². The van der Waals surface area contributed by atoms with Crippen LogP contribution in [0.15, 0.2) is 66.7 Å². The number of amides is 3. The lowest BCUT2D eigenvalue weighted by atomic mass is 10.0. The second-order valence-corrected chi connectivity index (χ2v) is 10.3. The maximum absolute atomic E-state index is 13.8. The molecule has 2 aromatic carbocycles. The number of hydrogen-bond acceptors (Lipinski definition) is 5. The van der Waals surface area contributed by atoms with Gasteiger partial charge in [-0.2, -0.15) is 0 Å². The Labute approximate surface area is 226 Å². The highest BCUT2D eigenvalue weighted by molar-refractivity contribution is 5.90. The van der Waals surface area contributed by atoms with Crippen LogP contribution < -0.4 is 11.2 Å². The van der Waals surface area contributed by atoms with E-state index in [-0.39, 0.29) is 43.6 Å². The number of carbonyl (C=O) groups excluding carboxylic acids is 3. The molecule has 2 rings (SSSR count). The monoisotopic (exact) mass is 522 g/mol. The van der Waals surface area contributed by atoms with Gasteiger partial charge in [0.05, 0.1) is 6.04 Å². The lowest BCUT2D eigenvalue weighted by Crippen LogP contribution is -2.62. The first-order valence-corrected chi connectivity index (χ1v) is 13.2. The van der Waals surface area contributed by atoms with Crippen molar-refractivity contribution >= 4 is 23.8 Å². The van der Waals surface area contributed by atoms with E-state index in [1.165, 1.54) is 10.0 Å². The van der Waals surface area contributed by atoms with Gasteiger partial charge in [0.2, 0.25) is 5.91 Å². The molecule has 0 heterocycles. The van der Waals surface area contributed by atoms with Crippen LogP contribution in [0.1, 0.15) is 58.1 Å². The Bertz CT molecular complexity index is 1040. The van der Waals surface area contributed by atoms with E-state index in [0.29, 0.717) is 6.42 Å². The molecular formula is C30H42N4O4. The maximum Gasteiger partial charge on any atom is 0.268 e. The summed E-state index contributed by atoms with van der Waals surface area (Å²) >= 11 is 0. The zero-order valence-corrected chi connectivity index (χ0v) is 22.9. The highest BCUT2D eigenvalue weighted by Gasteiger charge is 2.37. The molecule has 4 N–H and O–H groups in total. The molecule has 0 spiro atoms. The fourth-order valence-electron chi connectivity index (χ4n) is 4.07. The average Bonchev–Trinajstić information content (AvgIpc) is 2.90. The molecule has 8 nitrogen and oxygen atoms in total. The molecule has 3 amide bonds. The number of carbonyl (C=O) groups is 3. The maximum atomic E-state index is 13.8. The van der Waals surface area contributed by atoms with Gasteiger partial charge in [-0.1, -0.05) is 101 Å². The van der Waals surface area contributed by atoms with Crippen LogP contribution in [0.3, 0.4) is 0 Å². The predicted octanol–water partition coefficient (Wildman–Crippen LogP) is 4.20.